The molecule has 0 bridgehead atoms. The molecule has 2 nitrogen and oxygen atoms in total. The first-order valence-corrected chi connectivity index (χ1v) is 6.88. The van der Waals surface area contributed by atoms with Gasteiger partial charge in [0.25, 0.3) is 0 Å². The van der Waals surface area contributed by atoms with E-state index in [1.807, 2.05) is 0 Å². The molecule has 0 unspecified atom stereocenters. The van der Waals surface area contributed by atoms with Gasteiger partial charge in [-0.25, -0.2) is 9.97 Å². The second-order valence-corrected chi connectivity index (χ2v) is 5.80. The van der Waals surface area contributed by atoms with E-state index < -0.39 is 12.0 Å². The molecule has 0 aliphatic heterocycles. The van der Waals surface area contributed by atoms with Crippen LogP contribution in [-0.2, 0) is 6.18 Å². The van der Waals surface area contributed by atoms with Gasteiger partial charge in [0.05, 0.1) is 0 Å². The number of aromatic nitrogens is 2. The third-order valence-corrected chi connectivity index (χ3v) is 3.61. The lowest BCUT2D eigenvalue weighted by atomic mass is 10.4. The average molecular weight is 370 g/mol. The molecular weight excluding hydrogens is 365 g/mol. The maximum Gasteiger partial charge on any atom is 0.451 e. The van der Waals surface area contributed by atoms with Crippen LogP contribution in [0.4, 0.5) is 13.2 Å². The molecule has 0 spiro atoms. The van der Waals surface area contributed by atoms with Crippen molar-refractivity contribution in [3.63, 3.8) is 0 Å². The highest BCUT2D eigenvalue weighted by atomic mass is 79.9. The highest BCUT2D eigenvalue weighted by molar-refractivity contribution is 9.10. The van der Waals surface area contributed by atoms with Gasteiger partial charge < -0.3 is 0 Å². The monoisotopic (exact) mass is 368 g/mol. The van der Waals surface area contributed by atoms with Crippen LogP contribution in [0.2, 0.25) is 5.15 Å². The number of nitrogens with zero attached hydrogens (tertiary/aromatic N) is 2. The topological polar surface area (TPSA) is 25.8 Å². The summed E-state index contributed by atoms with van der Waals surface area (Å²) in [6.07, 6.45) is -4.61. The first-order valence-electron chi connectivity index (χ1n) is 4.90. The SMILES string of the molecule is FC(F)(F)c1nc(Cl)cc(Sc2ccc(Br)cc2)n1. The second-order valence-electron chi connectivity index (χ2n) is 3.41. The van der Waals surface area contributed by atoms with E-state index in [1.165, 1.54) is 6.07 Å². The van der Waals surface area contributed by atoms with Crippen molar-refractivity contribution in [1.82, 2.24) is 9.97 Å². The average Bonchev–Trinajstić information content (AvgIpc) is 2.30. The van der Waals surface area contributed by atoms with Gasteiger partial charge in [0.2, 0.25) is 5.82 Å². The summed E-state index contributed by atoms with van der Waals surface area (Å²) < 4.78 is 38.5. The molecule has 0 amide bonds. The normalized spacial score (nSPS) is 11.6. The Morgan fingerprint density at radius 3 is 2.32 bits per heavy atom. The first-order chi connectivity index (χ1) is 8.84. The smallest absolute Gasteiger partial charge is 0.217 e. The molecular formula is C11H5BrClF3N2S. The molecule has 1 aromatic carbocycles. The third kappa shape index (κ3) is 4.09. The van der Waals surface area contributed by atoms with Gasteiger partial charge in [-0.2, -0.15) is 13.2 Å². The molecule has 2 rings (SSSR count). The van der Waals surface area contributed by atoms with Gasteiger partial charge in [-0.15, -0.1) is 0 Å². The van der Waals surface area contributed by atoms with Gasteiger partial charge in [0.15, 0.2) is 0 Å². The molecule has 0 atom stereocenters. The molecule has 0 saturated carbocycles. The molecule has 1 aromatic heterocycles. The van der Waals surface area contributed by atoms with Gasteiger partial charge in [0.1, 0.15) is 10.2 Å². The highest BCUT2D eigenvalue weighted by Crippen LogP contribution is 2.32. The molecule has 2 aromatic rings. The molecule has 0 fully saturated rings. The minimum atomic E-state index is -4.61. The van der Waals surface area contributed by atoms with E-state index in [0.29, 0.717) is 0 Å². The number of alkyl halides is 3. The predicted octanol–water partition coefficient (Wildman–Crippen LogP) is 5.06. The summed E-state index contributed by atoms with van der Waals surface area (Å²) in [4.78, 5) is 7.38. The summed E-state index contributed by atoms with van der Waals surface area (Å²) in [5, 5.41) is -0.0865. The largest absolute Gasteiger partial charge is 0.451 e. The minimum absolute atomic E-state index is 0.148. The Bertz CT molecular complexity index is 589. The van der Waals surface area contributed by atoms with Gasteiger partial charge in [-0.1, -0.05) is 39.3 Å². The van der Waals surface area contributed by atoms with Crippen molar-refractivity contribution in [1.29, 1.82) is 0 Å². The van der Waals surface area contributed by atoms with Crippen molar-refractivity contribution in [2.45, 2.75) is 16.1 Å². The van der Waals surface area contributed by atoms with Crippen LogP contribution in [0.1, 0.15) is 5.82 Å². The molecule has 0 radical (unpaired) electrons. The minimum Gasteiger partial charge on any atom is -0.217 e. The van der Waals surface area contributed by atoms with Gasteiger partial charge >= 0.3 is 6.18 Å². The summed E-state index contributed by atoms with van der Waals surface area (Å²) in [6.45, 7) is 0. The van der Waals surface area contributed by atoms with Crippen molar-refractivity contribution in [3.8, 4) is 0 Å². The Morgan fingerprint density at radius 1 is 1.11 bits per heavy atom. The summed E-state index contributed by atoms with van der Waals surface area (Å²) in [5.41, 5.74) is 0. The quantitative estimate of drug-likeness (QED) is 0.692. The Labute approximate surface area is 124 Å². The summed E-state index contributed by atoms with van der Waals surface area (Å²) >= 11 is 9.94. The van der Waals surface area contributed by atoms with E-state index in [1.54, 1.807) is 24.3 Å². The lowest BCUT2D eigenvalue weighted by molar-refractivity contribution is -0.145. The summed E-state index contributed by atoms with van der Waals surface area (Å²) in [5.74, 6) is -1.24. The number of hydrogen-bond acceptors (Lipinski definition) is 3. The third-order valence-electron chi connectivity index (χ3n) is 1.96. The maximum atomic E-state index is 12.5. The molecule has 0 aliphatic carbocycles. The number of hydrogen-bond donors (Lipinski definition) is 0. The molecule has 0 aliphatic rings. The van der Waals surface area contributed by atoms with Gasteiger partial charge in [0, 0.05) is 15.4 Å². The van der Waals surface area contributed by atoms with Crippen molar-refractivity contribution >= 4 is 39.3 Å². The van der Waals surface area contributed by atoms with Crippen LogP contribution < -0.4 is 0 Å². The standard InChI is InChI=1S/C11H5BrClF3N2S/c12-6-1-3-7(4-2-6)19-9-5-8(13)17-10(18-9)11(14,15)16/h1-5H. The second kappa shape index (κ2) is 5.68. The lowest BCUT2D eigenvalue weighted by Crippen LogP contribution is -2.11. The Hall–Kier alpha value is -0.790. The molecule has 1 heterocycles. The van der Waals surface area contributed by atoms with Crippen molar-refractivity contribution < 1.29 is 13.2 Å². The Morgan fingerprint density at radius 2 is 1.74 bits per heavy atom. The van der Waals surface area contributed by atoms with E-state index in [4.69, 9.17) is 11.6 Å². The maximum absolute atomic E-state index is 12.5. The van der Waals surface area contributed by atoms with Crippen LogP contribution in [0.3, 0.4) is 0 Å². The molecule has 8 heteroatoms. The fraction of sp³-hybridized carbons (Fsp3) is 0.0909. The zero-order chi connectivity index (χ0) is 14.0. The molecule has 100 valence electrons. The lowest BCUT2D eigenvalue weighted by Gasteiger charge is -2.07. The van der Waals surface area contributed by atoms with Crippen molar-refractivity contribution in [3.05, 3.63) is 45.8 Å². The van der Waals surface area contributed by atoms with Crippen LogP contribution in [0.5, 0.6) is 0 Å². The van der Waals surface area contributed by atoms with Crippen molar-refractivity contribution in [2.75, 3.05) is 0 Å². The Kier molecular flexibility index (Phi) is 4.37. The summed E-state index contributed by atoms with van der Waals surface area (Å²) in [7, 11) is 0. The van der Waals surface area contributed by atoms with E-state index in [-0.39, 0.29) is 10.2 Å². The highest BCUT2D eigenvalue weighted by Gasteiger charge is 2.35. The first kappa shape index (κ1) is 14.6. The Balaban J connectivity index is 2.30. The van der Waals surface area contributed by atoms with Crippen LogP contribution in [0, 0.1) is 0 Å². The number of rotatable bonds is 2. The van der Waals surface area contributed by atoms with Gasteiger partial charge in [-0.3, -0.25) is 0 Å². The van der Waals surface area contributed by atoms with E-state index >= 15 is 0 Å². The van der Waals surface area contributed by atoms with Crippen LogP contribution >= 0.6 is 39.3 Å². The van der Waals surface area contributed by atoms with Crippen molar-refractivity contribution in [2.24, 2.45) is 0 Å². The van der Waals surface area contributed by atoms with Crippen LogP contribution in [-0.4, -0.2) is 9.97 Å². The molecule has 0 saturated heterocycles. The van der Waals surface area contributed by atoms with E-state index in [2.05, 4.69) is 25.9 Å². The predicted molar refractivity (Wildman–Crippen MR) is 70.3 cm³/mol. The van der Waals surface area contributed by atoms with Gasteiger partial charge in [-0.05, 0) is 24.3 Å². The zero-order valence-electron chi connectivity index (χ0n) is 9.08. The molecule has 19 heavy (non-hydrogen) atoms. The fourth-order valence-electron chi connectivity index (χ4n) is 1.20. The summed E-state index contributed by atoms with van der Waals surface area (Å²) in [6, 6.07) is 8.39. The van der Waals surface area contributed by atoms with Crippen LogP contribution in [0.25, 0.3) is 0 Å². The van der Waals surface area contributed by atoms with Crippen LogP contribution in [0.15, 0.2) is 44.7 Å². The fourth-order valence-corrected chi connectivity index (χ4v) is 2.53. The number of halogens is 5. The van der Waals surface area contributed by atoms with E-state index in [9.17, 15) is 13.2 Å². The number of benzene rings is 1. The van der Waals surface area contributed by atoms with E-state index in [0.717, 1.165) is 21.1 Å². The zero-order valence-corrected chi connectivity index (χ0v) is 12.2. The molecule has 0 N–H and O–H groups in total.